The highest BCUT2D eigenvalue weighted by atomic mass is 79.9. The van der Waals surface area contributed by atoms with Gasteiger partial charge in [0.15, 0.2) is 6.29 Å². The largest absolute Gasteiger partial charge is 0.497 e. The Morgan fingerprint density at radius 2 is 0.890 bits per heavy atom. The fourth-order valence-corrected chi connectivity index (χ4v) is 15.8. The Balaban J connectivity index is 0.000000209. The third kappa shape index (κ3) is 34.2. The van der Waals surface area contributed by atoms with Gasteiger partial charge in [-0.15, -0.1) is 0 Å². The second kappa shape index (κ2) is 56.0. The minimum absolute atomic E-state index is 0.0534. The summed E-state index contributed by atoms with van der Waals surface area (Å²) in [6.45, 7) is 21.3. The molecule has 4 aliphatic heterocycles. The zero-order valence-corrected chi connectivity index (χ0v) is 76.6. The van der Waals surface area contributed by atoms with Gasteiger partial charge in [-0.1, -0.05) is 162 Å². The lowest BCUT2D eigenvalue weighted by atomic mass is 9.98. The van der Waals surface area contributed by atoms with E-state index in [1.165, 1.54) is 11.1 Å². The van der Waals surface area contributed by atoms with Crippen LogP contribution in [0.3, 0.4) is 0 Å². The quantitative estimate of drug-likeness (QED) is 0.0135. The van der Waals surface area contributed by atoms with Crippen molar-refractivity contribution in [3.8, 4) is 28.7 Å². The highest BCUT2D eigenvalue weighted by Gasteiger charge is 2.42. The topological polar surface area (TPSA) is 280 Å². The monoisotopic (exact) mass is 1810 g/mol. The van der Waals surface area contributed by atoms with Crippen molar-refractivity contribution in [2.24, 2.45) is 17.6 Å². The Hall–Kier alpha value is -10.5. The van der Waals surface area contributed by atoms with Gasteiger partial charge in [0.2, 0.25) is 0 Å². The molecule has 127 heavy (non-hydrogen) atoms. The number of benzene rings is 9. The third-order valence-electron chi connectivity index (χ3n) is 22.0. The predicted octanol–water partition coefficient (Wildman–Crippen LogP) is 16.9. The van der Waals surface area contributed by atoms with E-state index in [9.17, 15) is 19.2 Å². The van der Waals surface area contributed by atoms with E-state index in [4.69, 9.17) is 72.4 Å². The molecule has 6 unspecified atom stereocenters. The summed E-state index contributed by atoms with van der Waals surface area (Å²) in [4.78, 5) is 57.5. The summed E-state index contributed by atoms with van der Waals surface area (Å²) in [6, 6.07) is 72.2. The zero-order valence-electron chi connectivity index (χ0n) is 75.0. The van der Waals surface area contributed by atoms with Gasteiger partial charge in [0.1, 0.15) is 54.2 Å². The van der Waals surface area contributed by atoms with Crippen LogP contribution in [0.25, 0.3) is 0 Å². The molecular weight excluding hydrogens is 1680 g/mol. The maximum absolute atomic E-state index is 13.9. The SMILES string of the molecule is CCOC(CCN(Cc1cccc(OC)c1)C(=O)c1ccc(COc2cccc([C@@H](NC(=O)O[C@H]3CN4CCC3C4)c3ccccc3)c2)cc1)OCC.CCOC(CCN)COC.CCOC(CCNCc1cccc(OC)c1)COC.COc1cccc(CBr)c1.O=C(N[C@@H](c1ccccc1)c1cccc(OCc2ccc(C(=O)O)cc2)c1)O[C@H]1CN2CCC1C2. The second-order valence-electron chi connectivity index (χ2n) is 31.1. The first kappa shape index (κ1) is 100. The Bertz CT molecular complexity index is 4610. The summed E-state index contributed by atoms with van der Waals surface area (Å²) >= 11 is 3.37. The molecule has 0 radical (unpaired) electrons. The number of amides is 3. The van der Waals surface area contributed by atoms with Gasteiger partial charge in [-0.2, -0.15) is 0 Å². The van der Waals surface area contributed by atoms with Crippen LogP contribution in [0.4, 0.5) is 9.59 Å². The number of hydrogen-bond acceptors (Lipinski definition) is 21. The molecule has 0 aliphatic carbocycles. The first-order valence-corrected chi connectivity index (χ1v) is 45.0. The number of nitrogens with two attached hydrogens (primary N) is 1. The average molecular weight is 1810 g/mol. The Morgan fingerprint density at radius 1 is 0.465 bits per heavy atom. The maximum atomic E-state index is 13.9. The van der Waals surface area contributed by atoms with Gasteiger partial charge in [0.05, 0.1) is 64.4 Å². The van der Waals surface area contributed by atoms with Crippen LogP contribution in [0, 0.1) is 11.8 Å². The smallest absolute Gasteiger partial charge is 0.408 e. The number of nitrogens with zero attached hydrogens (tertiary/aromatic N) is 3. The van der Waals surface area contributed by atoms with E-state index in [-0.39, 0.29) is 48.2 Å². The lowest BCUT2D eigenvalue weighted by Crippen LogP contribution is -2.37. The van der Waals surface area contributed by atoms with Gasteiger partial charge in [-0.05, 0) is 215 Å². The first-order valence-electron chi connectivity index (χ1n) is 43.9. The van der Waals surface area contributed by atoms with Crippen molar-refractivity contribution < 1.29 is 85.9 Å². The van der Waals surface area contributed by atoms with Crippen molar-refractivity contribution in [1.82, 2.24) is 30.7 Å². The van der Waals surface area contributed by atoms with Gasteiger partial charge < -0.3 is 93.3 Å². The molecule has 10 atom stereocenters. The van der Waals surface area contributed by atoms with E-state index in [2.05, 4.69) is 53.8 Å². The van der Waals surface area contributed by atoms with Crippen molar-refractivity contribution in [2.45, 2.75) is 134 Å². The van der Waals surface area contributed by atoms with E-state index < -0.39 is 24.2 Å². The van der Waals surface area contributed by atoms with Gasteiger partial charge >= 0.3 is 18.2 Å². The summed E-state index contributed by atoms with van der Waals surface area (Å²) in [6.07, 6.45) is 3.55. The zero-order chi connectivity index (χ0) is 90.3. The highest BCUT2D eigenvalue weighted by molar-refractivity contribution is 9.08. The van der Waals surface area contributed by atoms with Crippen molar-refractivity contribution in [3.05, 3.63) is 292 Å². The number of halogens is 1. The number of carbonyl (C=O) groups excluding carboxylic acids is 3. The van der Waals surface area contributed by atoms with Crippen LogP contribution < -0.4 is 45.4 Å². The number of nitrogens with one attached hydrogen (secondary N) is 3. The predicted molar refractivity (Wildman–Crippen MR) is 496 cm³/mol. The minimum atomic E-state index is -0.957. The molecule has 0 saturated carbocycles. The van der Waals surface area contributed by atoms with Gasteiger partial charge in [0.25, 0.3) is 5.91 Å². The molecule has 4 aliphatic rings. The molecule has 6 N–H and O–H groups in total. The Morgan fingerprint density at radius 3 is 1.31 bits per heavy atom. The lowest BCUT2D eigenvalue weighted by molar-refractivity contribution is -0.141. The third-order valence-corrected chi connectivity index (χ3v) is 22.6. The molecule has 9 aromatic carbocycles. The molecule has 3 amide bonds. The summed E-state index contributed by atoms with van der Waals surface area (Å²) in [5, 5.41) is 19.5. The molecule has 4 bridgehead atoms. The molecule has 25 nitrogen and oxygen atoms in total. The number of alkyl carbamates (subject to hydrolysis) is 2. The molecule has 0 aromatic heterocycles. The number of alkyl halides is 1. The van der Waals surface area contributed by atoms with Crippen LogP contribution in [-0.4, -0.2) is 209 Å². The van der Waals surface area contributed by atoms with Crippen LogP contribution in [0.5, 0.6) is 28.7 Å². The lowest BCUT2D eigenvalue weighted by Gasteiger charge is -2.26. The molecule has 13 rings (SSSR count). The molecule has 26 heteroatoms. The average Bonchev–Trinajstić information content (AvgIpc) is 1.31. The number of hydrogen-bond donors (Lipinski definition) is 5. The van der Waals surface area contributed by atoms with E-state index in [1.807, 2.05) is 227 Å². The van der Waals surface area contributed by atoms with Crippen LogP contribution in [-0.2, 0) is 69.5 Å². The van der Waals surface area contributed by atoms with Gasteiger partial charge in [-0.3, -0.25) is 14.6 Å². The molecule has 4 saturated heterocycles. The van der Waals surface area contributed by atoms with Crippen molar-refractivity contribution >= 4 is 40.0 Å². The van der Waals surface area contributed by atoms with Crippen LogP contribution >= 0.6 is 15.9 Å². The molecule has 684 valence electrons. The number of methoxy groups -OCH3 is 5. The van der Waals surface area contributed by atoms with Crippen molar-refractivity contribution in [2.75, 3.05) is 134 Å². The number of carboxylic acids is 1. The minimum Gasteiger partial charge on any atom is -0.497 e. The fraction of sp³-hybridized carbons (Fsp3) is 0.426. The standard InChI is InChI=1S/C43H51N3O7.C28H28N2O5.C15H25NO3.C8H9BrO.C7H17NO2/c1-4-50-40(51-5-2)22-24-46(27-32-11-9-15-37(25-32)49-3)42(47)34-19-17-31(18-20-34)30-52-38-16-10-14-35(26-38)41(33-12-7-6-8-13-33)44-43(48)53-39-29-45-23-21-36(39)28-45;31-27(32)21-11-9-19(10-12-21)18-34-24-8-4-7-22(15-24)26(20-5-2-1-3-6-20)29-28(33)35-25-17-30-14-13-23(25)16-30;1-4-19-15(12-17-2)8-9-16-11-13-6-5-7-14(10-13)18-3;1-10-8-4-2-3-7(5-8)6-9;1-3-10-7(4-5-8)6-9-2/h6-20,25-26,36,39-41H,4-5,21-24,27-30H2,1-3H3,(H,44,48);1-12,15,23,25-26H,13-14,16-18H2,(H,29,33)(H,31,32);5-7,10,15-16H,4,8-9,11-12H2,1-3H3;2-5H,6H2,1H3;7H,3-6,8H2,1-2H3/t36?,39-,41-;23?,25-,26-;;;/m00.../s1. The summed E-state index contributed by atoms with van der Waals surface area (Å²) < 4.78 is 72.1. The first-order chi connectivity index (χ1) is 62.0. The molecule has 4 heterocycles. The van der Waals surface area contributed by atoms with Crippen LogP contribution in [0.15, 0.2) is 231 Å². The van der Waals surface area contributed by atoms with Crippen molar-refractivity contribution in [1.29, 1.82) is 0 Å². The van der Waals surface area contributed by atoms with E-state index in [0.717, 1.165) is 153 Å². The van der Waals surface area contributed by atoms with E-state index in [0.29, 0.717) is 94.6 Å². The van der Waals surface area contributed by atoms with Gasteiger partial charge in [0, 0.05) is 116 Å². The maximum Gasteiger partial charge on any atom is 0.408 e. The molecule has 0 spiro atoms. The normalized spacial score (nSPS) is 17.1. The summed E-state index contributed by atoms with van der Waals surface area (Å²) in [5.41, 5.74) is 15.0. The van der Waals surface area contributed by atoms with Crippen LogP contribution in [0.2, 0.25) is 0 Å². The number of carboxylic acid groups (broad SMARTS) is 1. The number of carbonyl (C=O) groups is 4. The van der Waals surface area contributed by atoms with E-state index in [1.54, 1.807) is 59.8 Å². The molecule has 4 fully saturated rings. The summed E-state index contributed by atoms with van der Waals surface area (Å²) in [5.74, 6) is 3.67. The number of piperidine rings is 2. The number of fused-ring (bicyclic) bond motifs is 4. The number of ether oxygens (including phenoxy) is 13. The van der Waals surface area contributed by atoms with Crippen molar-refractivity contribution in [3.63, 3.8) is 0 Å². The van der Waals surface area contributed by atoms with E-state index >= 15 is 0 Å². The van der Waals surface area contributed by atoms with Gasteiger partial charge in [-0.25, -0.2) is 14.4 Å². The fourth-order valence-electron chi connectivity index (χ4n) is 15.5. The molecular formula is C101H130BrN7O18. The Kier molecular flexibility index (Phi) is 44.2. The number of aromatic carboxylic acids is 1. The Labute approximate surface area is 758 Å². The second-order valence-corrected chi connectivity index (χ2v) is 31.6. The summed E-state index contributed by atoms with van der Waals surface area (Å²) in [7, 11) is 8.37. The van der Waals surface area contributed by atoms with Crippen LogP contribution in [0.1, 0.15) is 143 Å². The molecule has 9 aromatic rings. The number of rotatable bonds is 44. The highest BCUT2D eigenvalue weighted by Crippen LogP contribution is 2.34.